The number of aromatic nitrogens is 1. The SMILES string of the molecule is CCC(CN(C)CC)c1ccc(-c2c(N=O)cc(C)c3[nH]c(=O)c4sccc4c23)cc1. The number of H-pyrrole nitrogens is 1. The molecule has 31 heavy (non-hydrogen) atoms. The summed E-state index contributed by atoms with van der Waals surface area (Å²) in [5.41, 5.74) is 4.90. The van der Waals surface area contributed by atoms with E-state index in [1.54, 1.807) is 6.07 Å². The molecule has 4 rings (SSSR count). The number of hydrogen-bond acceptors (Lipinski definition) is 5. The molecule has 2 heterocycles. The highest BCUT2D eigenvalue weighted by atomic mass is 32.1. The second kappa shape index (κ2) is 8.73. The molecule has 1 atom stereocenters. The van der Waals surface area contributed by atoms with Gasteiger partial charge in [0, 0.05) is 22.9 Å². The van der Waals surface area contributed by atoms with Crippen LogP contribution in [0.25, 0.3) is 32.1 Å². The third-order valence-corrected chi connectivity index (χ3v) is 7.13. The first-order chi connectivity index (χ1) is 15.0. The first-order valence-corrected chi connectivity index (χ1v) is 11.5. The highest BCUT2D eigenvalue weighted by molar-refractivity contribution is 7.17. The lowest BCUT2D eigenvalue weighted by Gasteiger charge is -2.22. The Morgan fingerprint density at radius 2 is 1.90 bits per heavy atom. The number of thiophene rings is 1. The predicted molar refractivity (Wildman–Crippen MR) is 132 cm³/mol. The topological polar surface area (TPSA) is 65.5 Å². The molecule has 160 valence electrons. The maximum absolute atomic E-state index is 12.5. The number of aromatic amines is 1. The summed E-state index contributed by atoms with van der Waals surface area (Å²) in [5, 5.41) is 7.02. The summed E-state index contributed by atoms with van der Waals surface area (Å²) in [4.78, 5) is 29.7. The minimum Gasteiger partial charge on any atom is -0.320 e. The maximum atomic E-state index is 12.5. The summed E-state index contributed by atoms with van der Waals surface area (Å²) >= 11 is 1.41. The van der Waals surface area contributed by atoms with Crippen molar-refractivity contribution in [2.45, 2.75) is 33.1 Å². The van der Waals surface area contributed by atoms with E-state index < -0.39 is 0 Å². The van der Waals surface area contributed by atoms with Crippen LogP contribution in [0.5, 0.6) is 0 Å². The largest absolute Gasteiger partial charge is 0.320 e. The Kier molecular flexibility index (Phi) is 6.03. The zero-order valence-corrected chi connectivity index (χ0v) is 19.2. The van der Waals surface area contributed by atoms with Crippen LogP contribution in [0, 0.1) is 11.8 Å². The van der Waals surface area contributed by atoms with Gasteiger partial charge >= 0.3 is 0 Å². The lowest BCUT2D eigenvalue weighted by atomic mass is 9.91. The minimum atomic E-state index is -0.0976. The molecule has 0 radical (unpaired) electrons. The quantitative estimate of drug-likeness (QED) is 0.336. The summed E-state index contributed by atoms with van der Waals surface area (Å²) in [7, 11) is 2.14. The van der Waals surface area contributed by atoms with Crippen molar-refractivity contribution in [1.82, 2.24) is 9.88 Å². The van der Waals surface area contributed by atoms with Crippen LogP contribution in [-0.4, -0.2) is 30.0 Å². The van der Waals surface area contributed by atoms with E-state index in [4.69, 9.17) is 0 Å². The normalized spacial score (nSPS) is 12.7. The fourth-order valence-corrected chi connectivity index (χ4v) is 5.14. The molecule has 5 nitrogen and oxygen atoms in total. The average molecular weight is 434 g/mol. The van der Waals surface area contributed by atoms with Crippen LogP contribution in [0.4, 0.5) is 5.69 Å². The maximum Gasteiger partial charge on any atom is 0.266 e. The summed E-state index contributed by atoms with van der Waals surface area (Å²) in [6.45, 7) is 8.31. The number of nitrogens with one attached hydrogen (secondary N) is 1. The van der Waals surface area contributed by atoms with Crippen molar-refractivity contribution >= 4 is 38.0 Å². The lowest BCUT2D eigenvalue weighted by Crippen LogP contribution is -2.24. The molecule has 2 aromatic carbocycles. The molecule has 0 bridgehead atoms. The molecule has 0 aliphatic rings. The molecule has 6 heteroatoms. The minimum absolute atomic E-state index is 0.0976. The van der Waals surface area contributed by atoms with Crippen molar-refractivity contribution in [3.05, 3.63) is 68.2 Å². The van der Waals surface area contributed by atoms with Gasteiger partial charge in [-0.2, -0.15) is 0 Å². The van der Waals surface area contributed by atoms with Crippen molar-refractivity contribution in [2.75, 3.05) is 20.1 Å². The van der Waals surface area contributed by atoms with E-state index >= 15 is 0 Å². The van der Waals surface area contributed by atoms with E-state index in [0.717, 1.165) is 52.5 Å². The third kappa shape index (κ3) is 3.82. The van der Waals surface area contributed by atoms with Crippen LogP contribution >= 0.6 is 11.3 Å². The molecular weight excluding hydrogens is 406 g/mol. The predicted octanol–water partition coefficient (Wildman–Crippen LogP) is 6.56. The zero-order chi connectivity index (χ0) is 22.1. The fourth-order valence-electron chi connectivity index (χ4n) is 4.34. The van der Waals surface area contributed by atoms with Crippen LogP contribution < -0.4 is 5.56 Å². The summed E-state index contributed by atoms with van der Waals surface area (Å²) in [6.07, 6.45) is 1.06. The number of aryl methyl sites for hydroxylation is 1. The molecule has 0 aliphatic carbocycles. The van der Waals surface area contributed by atoms with Crippen LogP contribution in [0.1, 0.15) is 37.3 Å². The standard InChI is InChI=1S/C25H27N3O2S/c1-5-16(14-28(4)6-2)17-7-9-18(10-8-17)21-20(27-30)13-15(3)23-22(21)19-11-12-31-24(19)25(29)26-23/h7-13,16H,5-6,14H2,1-4H3,(H,26,29). The zero-order valence-electron chi connectivity index (χ0n) is 18.4. The van der Waals surface area contributed by atoms with Gasteiger partial charge in [-0.05, 0) is 72.2 Å². The van der Waals surface area contributed by atoms with E-state index in [0.29, 0.717) is 16.3 Å². The van der Waals surface area contributed by atoms with Gasteiger partial charge < -0.3 is 9.88 Å². The summed E-state index contributed by atoms with van der Waals surface area (Å²) < 4.78 is 0.668. The van der Waals surface area contributed by atoms with Gasteiger partial charge in [-0.15, -0.1) is 16.2 Å². The van der Waals surface area contributed by atoms with Gasteiger partial charge in [-0.1, -0.05) is 38.1 Å². The fraction of sp³-hybridized carbons (Fsp3) is 0.320. The molecule has 4 aromatic rings. The van der Waals surface area contributed by atoms with Crippen LogP contribution in [0.2, 0.25) is 0 Å². The molecule has 0 saturated heterocycles. The number of pyridine rings is 1. The Morgan fingerprint density at radius 1 is 1.16 bits per heavy atom. The van der Waals surface area contributed by atoms with E-state index in [-0.39, 0.29) is 5.56 Å². The van der Waals surface area contributed by atoms with Gasteiger partial charge in [0.1, 0.15) is 10.4 Å². The highest BCUT2D eigenvalue weighted by Gasteiger charge is 2.19. The van der Waals surface area contributed by atoms with Gasteiger partial charge in [-0.3, -0.25) is 4.79 Å². The first-order valence-electron chi connectivity index (χ1n) is 10.7. The van der Waals surface area contributed by atoms with Gasteiger partial charge in [0.25, 0.3) is 5.56 Å². The second-order valence-corrected chi connectivity index (χ2v) is 9.04. The lowest BCUT2D eigenvalue weighted by molar-refractivity contribution is 0.323. The number of nitrogens with zero attached hydrogens (tertiary/aromatic N) is 2. The Hall–Kier alpha value is -2.83. The molecule has 0 aliphatic heterocycles. The number of rotatable bonds is 7. The van der Waals surface area contributed by atoms with Crippen molar-refractivity contribution in [1.29, 1.82) is 0 Å². The highest BCUT2D eigenvalue weighted by Crippen LogP contribution is 2.42. The van der Waals surface area contributed by atoms with Crippen LogP contribution in [0.3, 0.4) is 0 Å². The number of benzene rings is 2. The average Bonchev–Trinajstić information content (AvgIpc) is 3.28. The van der Waals surface area contributed by atoms with Crippen molar-refractivity contribution in [3.8, 4) is 11.1 Å². The smallest absolute Gasteiger partial charge is 0.266 e. The molecule has 2 aromatic heterocycles. The number of fused-ring (bicyclic) bond motifs is 3. The van der Waals surface area contributed by atoms with E-state index in [1.165, 1.54) is 16.9 Å². The van der Waals surface area contributed by atoms with Crippen molar-refractivity contribution < 1.29 is 0 Å². The molecule has 0 spiro atoms. The molecular formula is C25H27N3O2S. The Labute approximate surface area is 185 Å². The monoisotopic (exact) mass is 433 g/mol. The number of likely N-dealkylation sites (N-methyl/N-ethyl adjacent to an activating group) is 1. The van der Waals surface area contributed by atoms with Crippen LogP contribution in [0.15, 0.2) is 51.7 Å². The van der Waals surface area contributed by atoms with E-state index in [2.05, 4.69) is 60.2 Å². The molecule has 1 unspecified atom stereocenters. The third-order valence-electron chi connectivity index (χ3n) is 6.22. The molecule has 0 fully saturated rings. The number of hydrogen-bond donors (Lipinski definition) is 1. The van der Waals surface area contributed by atoms with Crippen molar-refractivity contribution in [2.24, 2.45) is 5.18 Å². The number of nitroso groups, excluding NO2 is 1. The van der Waals surface area contributed by atoms with Crippen molar-refractivity contribution in [3.63, 3.8) is 0 Å². The molecule has 1 N–H and O–H groups in total. The summed E-state index contributed by atoms with van der Waals surface area (Å²) in [5.74, 6) is 0.456. The Morgan fingerprint density at radius 3 is 2.55 bits per heavy atom. The molecule has 0 saturated carbocycles. The molecule has 0 amide bonds. The van der Waals surface area contributed by atoms with E-state index in [1.807, 2.05) is 18.4 Å². The van der Waals surface area contributed by atoms with E-state index in [9.17, 15) is 9.70 Å². The first kappa shape index (κ1) is 21.4. The second-order valence-electron chi connectivity index (χ2n) is 8.13. The van der Waals surface area contributed by atoms with Gasteiger partial charge in [0.05, 0.1) is 5.52 Å². The Balaban J connectivity index is 1.92. The van der Waals surface area contributed by atoms with Gasteiger partial charge in [-0.25, -0.2) is 0 Å². The van der Waals surface area contributed by atoms with Crippen LogP contribution in [-0.2, 0) is 0 Å². The van der Waals surface area contributed by atoms with Gasteiger partial charge in [0.2, 0.25) is 0 Å². The summed E-state index contributed by atoms with van der Waals surface area (Å²) in [6, 6.07) is 12.2. The van der Waals surface area contributed by atoms with Gasteiger partial charge in [0.15, 0.2) is 0 Å². The Bertz CT molecular complexity index is 1300.